The summed E-state index contributed by atoms with van der Waals surface area (Å²) < 4.78 is 5.51. The SMILES string of the molecule is Cc1ccc2c(CC(=O)N3CCCCO3)coc2c1. The molecule has 2 aromatic rings. The van der Waals surface area contributed by atoms with Gasteiger partial charge in [-0.05, 0) is 31.4 Å². The van der Waals surface area contributed by atoms with Crippen LogP contribution in [0.15, 0.2) is 28.9 Å². The van der Waals surface area contributed by atoms with E-state index in [1.807, 2.05) is 25.1 Å². The molecule has 100 valence electrons. The molecule has 0 unspecified atom stereocenters. The van der Waals surface area contributed by atoms with Crippen LogP contribution in [0, 0.1) is 6.92 Å². The zero-order valence-electron chi connectivity index (χ0n) is 11.0. The Labute approximate surface area is 111 Å². The van der Waals surface area contributed by atoms with Gasteiger partial charge in [0.1, 0.15) is 5.58 Å². The van der Waals surface area contributed by atoms with Gasteiger partial charge in [-0.25, -0.2) is 5.06 Å². The lowest BCUT2D eigenvalue weighted by atomic mass is 10.1. The summed E-state index contributed by atoms with van der Waals surface area (Å²) in [6.45, 7) is 3.35. The van der Waals surface area contributed by atoms with E-state index in [-0.39, 0.29) is 5.91 Å². The number of aryl methyl sites for hydroxylation is 1. The summed E-state index contributed by atoms with van der Waals surface area (Å²) >= 11 is 0. The third kappa shape index (κ3) is 2.49. The van der Waals surface area contributed by atoms with Crippen LogP contribution in [-0.4, -0.2) is 24.1 Å². The lowest BCUT2D eigenvalue weighted by Gasteiger charge is -2.25. The second-order valence-corrected chi connectivity index (χ2v) is 4.97. The van der Waals surface area contributed by atoms with E-state index in [0.717, 1.165) is 34.9 Å². The lowest BCUT2D eigenvalue weighted by Crippen LogP contribution is -2.36. The van der Waals surface area contributed by atoms with E-state index in [1.165, 1.54) is 5.06 Å². The molecule has 2 heterocycles. The Hall–Kier alpha value is -1.81. The predicted octanol–water partition coefficient (Wildman–Crippen LogP) is 2.84. The summed E-state index contributed by atoms with van der Waals surface area (Å²) in [6.07, 6.45) is 4.04. The average molecular weight is 259 g/mol. The predicted molar refractivity (Wildman–Crippen MR) is 71.6 cm³/mol. The highest BCUT2D eigenvalue weighted by molar-refractivity contribution is 5.87. The van der Waals surface area contributed by atoms with Gasteiger partial charge in [0.05, 0.1) is 19.3 Å². The Morgan fingerprint density at radius 2 is 2.26 bits per heavy atom. The fourth-order valence-electron chi connectivity index (χ4n) is 2.37. The molecule has 4 heteroatoms. The minimum absolute atomic E-state index is 0.00275. The number of hydroxylamine groups is 2. The van der Waals surface area contributed by atoms with Crippen LogP contribution in [0.2, 0.25) is 0 Å². The normalized spacial score (nSPS) is 15.9. The Kier molecular flexibility index (Phi) is 3.25. The van der Waals surface area contributed by atoms with Gasteiger partial charge >= 0.3 is 0 Å². The molecule has 1 amide bonds. The van der Waals surface area contributed by atoms with Crippen LogP contribution in [0.25, 0.3) is 11.0 Å². The number of hydrogen-bond donors (Lipinski definition) is 0. The second-order valence-electron chi connectivity index (χ2n) is 4.97. The fraction of sp³-hybridized carbons (Fsp3) is 0.400. The topological polar surface area (TPSA) is 42.7 Å². The van der Waals surface area contributed by atoms with Crippen molar-refractivity contribution in [2.75, 3.05) is 13.2 Å². The molecule has 1 saturated heterocycles. The Morgan fingerprint density at radius 1 is 1.37 bits per heavy atom. The standard InChI is InChI=1S/C15H17NO3/c1-11-4-5-13-12(10-18-14(13)8-11)9-15(17)16-6-2-3-7-19-16/h4-5,8,10H,2-3,6-7,9H2,1H3. The van der Waals surface area contributed by atoms with Crippen LogP contribution in [-0.2, 0) is 16.1 Å². The van der Waals surface area contributed by atoms with E-state index in [1.54, 1.807) is 6.26 Å². The number of furan rings is 1. The molecule has 1 aliphatic rings. The maximum Gasteiger partial charge on any atom is 0.250 e. The maximum absolute atomic E-state index is 12.1. The third-order valence-electron chi connectivity index (χ3n) is 3.43. The molecule has 0 aliphatic carbocycles. The molecule has 1 fully saturated rings. The first-order valence-corrected chi connectivity index (χ1v) is 6.64. The monoisotopic (exact) mass is 259 g/mol. The van der Waals surface area contributed by atoms with Crippen LogP contribution < -0.4 is 0 Å². The minimum Gasteiger partial charge on any atom is -0.464 e. The number of carbonyl (C=O) groups is 1. The lowest BCUT2D eigenvalue weighted by molar-refractivity contribution is -0.196. The Morgan fingerprint density at radius 3 is 3.05 bits per heavy atom. The van der Waals surface area contributed by atoms with Crippen molar-refractivity contribution in [1.82, 2.24) is 5.06 Å². The number of amides is 1. The van der Waals surface area contributed by atoms with E-state index in [9.17, 15) is 4.79 Å². The van der Waals surface area contributed by atoms with Crippen LogP contribution in [0.1, 0.15) is 24.0 Å². The number of nitrogens with zero attached hydrogens (tertiary/aromatic N) is 1. The number of carbonyl (C=O) groups excluding carboxylic acids is 1. The molecule has 3 rings (SSSR count). The average Bonchev–Trinajstić information content (AvgIpc) is 2.82. The van der Waals surface area contributed by atoms with E-state index in [0.29, 0.717) is 19.6 Å². The number of rotatable bonds is 2. The maximum atomic E-state index is 12.1. The zero-order valence-corrected chi connectivity index (χ0v) is 11.0. The van der Waals surface area contributed by atoms with Gasteiger partial charge < -0.3 is 4.42 Å². The summed E-state index contributed by atoms with van der Waals surface area (Å²) in [4.78, 5) is 17.5. The van der Waals surface area contributed by atoms with Crippen LogP contribution in [0.5, 0.6) is 0 Å². The highest BCUT2D eigenvalue weighted by Crippen LogP contribution is 2.23. The number of fused-ring (bicyclic) bond motifs is 1. The number of hydrogen-bond acceptors (Lipinski definition) is 3. The smallest absolute Gasteiger partial charge is 0.250 e. The van der Waals surface area contributed by atoms with Gasteiger partial charge in [0.15, 0.2) is 0 Å². The van der Waals surface area contributed by atoms with Crippen molar-refractivity contribution in [3.63, 3.8) is 0 Å². The van der Waals surface area contributed by atoms with Gasteiger partial charge in [0.25, 0.3) is 5.91 Å². The van der Waals surface area contributed by atoms with Crippen molar-refractivity contribution in [2.24, 2.45) is 0 Å². The quantitative estimate of drug-likeness (QED) is 0.832. The molecule has 19 heavy (non-hydrogen) atoms. The van der Waals surface area contributed by atoms with Gasteiger partial charge in [-0.15, -0.1) is 0 Å². The molecule has 0 N–H and O–H groups in total. The van der Waals surface area contributed by atoms with Gasteiger partial charge in [-0.2, -0.15) is 0 Å². The van der Waals surface area contributed by atoms with Gasteiger partial charge in [0, 0.05) is 17.5 Å². The molecule has 0 bridgehead atoms. The van der Waals surface area contributed by atoms with Crippen molar-refractivity contribution < 1.29 is 14.0 Å². The fourth-order valence-corrected chi connectivity index (χ4v) is 2.37. The van der Waals surface area contributed by atoms with Gasteiger partial charge in [-0.1, -0.05) is 12.1 Å². The van der Waals surface area contributed by atoms with Crippen molar-refractivity contribution >= 4 is 16.9 Å². The Bertz CT molecular complexity index is 596. The molecular weight excluding hydrogens is 242 g/mol. The summed E-state index contributed by atoms with van der Waals surface area (Å²) in [7, 11) is 0. The second kappa shape index (κ2) is 5.05. The molecule has 0 spiro atoms. The first-order valence-electron chi connectivity index (χ1n) is 6.64. The summed E-state index contributed by atoms with van der Waals surface area (Å²) in [6, 6.07) is 6.03. The zero-order chi connectivity index (χ0) is 13.2. The molecule has 1 aliphatic heterocycles. The van der Waals surface area contributed by atoms with Crippen molar-refractivity contribution in [1.29, 1.82) is 0 Å². The van der Waals surface area contributed by atoms with Crippen LogP contribution in [0.3, 0.4) is 0 Å². The van der Waals surface area contributed by atoms with Crippen molar-refractivity contribution in [3.05, 3.63) is 35.6 Å². The minimum atomic E-state index is 0.00275. The van der Waals surface area contributed by atoms with E-state index < -0.39 is 0 Å². The van der Waals surface area contributed by atoms with Crippen LogP contribution in [0.4, 0.5) is 0 Å². The molecule has 1 aromatic carbocycles. The van der Waals surface area contributed by atoms with Crippen molar-refractivity contribution in [3.8, 4) is 0 Å². The number of benzene rings is 1. The van der Waals surface area contributed by atoms with E-state index in [2.05, 4.69) is 0 Å². The van der Waals surface area contributed by atoms with Gasteiger partial charge in [-0.3, -0.25) is 9.63 Å². The first-order chi connectivity index (χ1) is 9.24. The Balaban J connectivity index is 1.79. The molecule has 0 radical (unpaired) electrons. The van der Waals surface area contributed by atoms with E-state index >= 15 is 0 Å². The molecule has 0 saturated carbocycles. The molecule has 1 aromatic heterocycles. The highest BCUT2D eigenvalue weighted by atomic mass is 16.7. The summed E-state index contributed by atoms with van der Waals surface area (Å²) in [5, 5.41) is 2.49. The summed E-state index contributed by atoms with van der Waals surface area (Å²) in [5.74, 6) is 0.00275. The largest absolute Gasteiger partial charge is 0.464 e. The molecule has 0 atom stereocenters. The molecular formula is C15H17NO3. The van der Waals surface area contributed by atoms with E-state index in [4.69, 9.17) is 9.25 Å². The first kappa shape index (κ1) is 12.2. The third-order valence-corrected chi connectivity index (χ3v) is 3.43. The highest BCUT2D eigenvalue weighted by Gasteiger charge is 2.19. The van der Waals surface area contributed by atoms with Gasteiger partial charge in [0.2, 0.25) is 0 Å². The van der Waals surface area contributed by atoms with Crippen LogP contribution >= 0.6 is 0 Å². The summed E-state index contributed by atoms with van der Waals surface area (Å²) in [5.41, 5.74) is 2.91. The van der Waals surface area contributed by atoms with Crippen molar-refractivity contribution in [2.45, 2.75) is 26.2 Å². The molecule has 4 nitrogen and oxygen atoms in total.